The van der Waals surface area contributed by atoms with Crippen LogP contribution in [0.25, 0.3) is 0 Å². The summed E-state index contributed by atoms with van der Waals surface area (Å²) in [7, 11) is -3.32. The lowest BCUT2D eigenvalue weighted by Gasteiger charge is -2.06. The van der Waals surface area contributed by atoms with E-state index in [0.717, 1.165) is 17.7 Å². The van der Waals surface area contributed by atoms with E-state index in [4.69, 9.17) is 0 Å². The summed E-state index contributed by atoms with van der Waals surface area (Å²) in [6.45, 7) is 2.38. The summed E-state index contributed by atoms with van der Waals surface area (Å²) >= 11 is 1.72. The molecule has 5 heteroatoms. The van der Waals surface area contributed by atoms with E-state index < -0.39 is 10.0 Å². The van der Waals surface area contributed by atoms with E-state index in [1.54, 1.807) is 30.0 Å². The first-order valence-electron chi connectivity index (χ1n) is 5.11. The van der Waals surface area contributed by atoms with Crippen LogP contribution in [0.2, 0.25) is 0 Å². The molecule has 1 aromatic rings. The minimum atomic E-state index is -3.32. The minimum absolute atomic E-state index is 0.344. The van der Waals surface area contributed by atoms with Crippen molar-refractivity contribution < 1.29 is 8.42 Å². The Hall–Kier alpha value is -0.520. The highest BCUT2D eigenvalue weighted by atomic mass is 32.2. The summed E-state index contributed by atoms with van der Waals surface area (Å²) in [6, 6.07) is 6.93. The van der Waals surface area contributed by atoms with Gasteiger partial charge < -0.3 is 0 Å². The molecule has 0 aromatic heterocycles. The maximum absolute atomic E-state index is 11.8. The van der Waals surface area contributed by atoms with E-state index in [1.165, 1.54) is 0 Å². The van der Waals surface area contributed by atoms with Crippen LogP contribution in [0, 0.1) is 6.92 Å². The quantitative estimate of drug-likeness (QED) is 0.795. The fourth-order valence-electron chi connectivity index (χ4n) is 1.29. The largest absolute Gasteiger partial charge is 0.240 e. The van der Waals surface area contributed by atoms with E-state index in [9.17, 15) is 8.42 Å². The highest BCUT2D eigenvalue weighted by Gasteiger charge is 2.12. The second-order valence-electron chi connectivity index (χ2n) is 3.56. The van der Waals surface area contributed by atoms with Crippen molar-refractivity contribution in [3.05, 3.63) is 29.8 Å². The lowest BCUT2D eigenvalue weighted by atomic mass is 10.2. The highest BCUT2D eigenvalue weighted by molar-refractivity contribution is 7.98. The minimum Gasteiger partial charge on any atom is -0.211 e. The van der Waals surface area contributed by atoms with Gasteiger partial charge >= 0.3 is 0 Å². The van der Waals surface area contributed by atoms with E-state index in [-0.39, 0.29) is 0 Å². The molecule has 0 radical (unpaired) electrons. The van der Waals surface area contributed by atoms with Crippen LogP contribution in [0.3, 0.4) is 0 Å². The van der Waals surface area contributed by atoms with Gasteiger partial charge in [0.15, 0.2) is 0 Å². The SMILES string of the molecule is CSCCCNS(=O)(=O)c1cccc(C)c1. The van der Waals surface area contributed by atoms with Crippen LogP contribution in [0.5, 0.6) is 0 Å². The summed E-state index contributed by atoms with van der Waals surface area (Å²) in [5, 5.41) is 0. The van der Waals surface area contributed by atoms with Crippen molar-refractivity contribution in [3.63, 3.8) is 0 Å². The van der Waals surface area contributed by atoms with Crippen molar-refractivity contribution >= 4 is 21.8 Å². The Balaban J connectivity index is 2.64. The fourth-order valence-corrected chi connectivity index (χ4v) is 2.90. The molecule has 0 atom stereocenters. The zero-order valence-corrected chi connectivity index (χ0v) is 11.2. The molecule has 0 aliphatic rings. The van der Waals surface area contributed by atoms with Crippen LogP contribution in [0.15, 0.2) is 29.2 Å². The number of nitrogens with one attached hydrogen (secondary N) is 1. The zero-order valence-electron chi connectivity index (χ0n) is 9.56. The second-order valence-corrected chi connectivity index (χ2v) is 6.31. The van der Waals surface area contributed by atoms with Gasteiger partial charge in [0.05, 0.1) is 4.90 Å². The number of thioether (sulfide) groups is 1. The van der Waals surface area contributed by atoms with Crippen LogP contribution < -0.4 is 4.72 Å². The van der Waals surface area contributed by atoms with Crippen molar-refractivity contribution in [2.75, 3.05) is 18.6 Å². The van der Waals surface area contributed by atoms with Gasteiger partial charge in [0, 0.05) is 6.54 Å². The molecule has 0 aliphatic carbocycles. The van der Waals surface area contributed by atoms with Gasteiger partial charge in [0.1, 0.15) is 0 Å². The Labute approximate surface area is 102 Å². The normalized spacial score (nSPS) is 11.6. The Bertz CT molecular complexity index is 429. The van der Waals surface area contributed by atoms with Gasteiger partial charge in [-0.1, -0.05) is 12.1 Å². The first kappa shape index (κ1) is 13.5. The third-order valence-corrected chi connectivity index (χ3v) is 4.27. The van der Waals surface area contributed by atoms with Crippen molar-refractivity contribution in [3.8, 4) is 0 Å². The van der Waals surface area contributed by atoms with Gasteiger partial charge in [-0.3, -0.25) is 0 Å². The Morgan fingerprint density at radius 2 is 2.12 bits per heavy atom. The maximum Gasteiger partial charge on any atom is 0.240 e. The van der Waals surface area contributed by atoms with E-state index in [2.05, 4.69) is 4.72 Å². The van der Waals surface area contributed by atoms with Crippen LogP contribution >= 0.6 is 11.8 Å². The first-order valence-corrected chi connectivity index (χ1v) is 7.99. The number of sulfonamides is 1. The molecule has 1 aromatic carbocycles. The smallest absolute Gasteiger partial charge is 0.211 e. The van der Waals surface area contributed by atoms with Crippen molar-refractivity contribution in [1.82, 2.24) is 4.72 Å². The topological polar surface area (TPSA) is 46.2 Å². The predicted octanol–water partition coefficient (Wildman–Crippen LogP) is 2.03. The van der Waals surface area contributed by atoms with Gasteiger partial charge in [0.2, 0.25) is 10.0 Å². The third kappa shape index (κ3) is 4.15. The highest BCUT2D eigenvalue weighted by Crippen LogP contribution is 2.10. The standard InChI is InChI=1S/C11H17NO2S2/c1-10-5-3-6-11(9-10)16(13,14)12-7-4-8-15-2/h3,5-6,9,12H,4,7-8H2,1-2H3. The van der Waals surface area contributed by atoms with E-state index in [0.29, 0.717) is 11.4 Å². The number of rotatable bonds is 6. The molecule has 0 heterocycles. The van der Waals surface area contributed by atoms with E-state index >= 15 is 0 Å². The van der Waals surface area contributed by atoms with Crippen LogP contribution in [0.4, 0.5) is 0 Å². The van der Waals surface area contributed by atoms with Crippen LogP contribution in [0.1, 0.15) is 12.0 Å². The molecular weight excluding hydrogens is 242 g/mol. The van der Waals surface area contributed by atoms with Gasteiger partial charge in [0.25, 0.3) is 0 Å². The average molecular weight is 259 g/mol. The van der Waals surface area contributed by atoms with Gasteiger partial charge in [-0.15, -0.1) is 0 Å². The summed E-state index contributed by atoms with van der Waals surface area (Å²) in [6.07, 6.45) is 2.86. The molecule has 0 fully saturated rings. The molecule has 0 saturated heterocycles. The number of aryl methyl sites for hydroxylation is 1. The molecule has 1 rings (SSSR count). The Morgan fingerprint density at radius 3 is 2.75 bits per heavy atom. The Kier molecular flexibility index (Phi) is 5.31. The third-order valence-electron chi connectivity index (χ3n) is 2.12. The molecular formula is C11H17NO2S2. The average Bonchev–Trinajstić information content (AvgIpc) is 2.24. The van der Waals surface area contributed by atoms with Crippen molar-refractivity contribution in [1.29, 1.82) is 0 Å². The lowest BCUT2D eigenvalue weighted by molar-refractivity contribution is 0.581. The van der Waals surface area contributed by atoms with Crippen LogP contribution in [-0.4, -0.2) is 27.0 Å². The number of hydrogen-bond acceptors (Lipinski definition) is 3. The zero-order chi connectivity index (χ0) is 12.0. The summed E-state index contributed by atoms with van der Waals surface area (Å²) in [5.74, 6) is 0.969. The van der Waals surface area contributed by atoms with Gasteiger partial charge in [-0.05, 0) is 43.0 Å². The molecule has 0 unspecified atom stereocenters. The summed E-state index contributed by atoms with van der Waals surface area (Å²) < 4.78 is 26.3. The number of benzene rings is 1. The Morgan fingerprint density at radius 1 is 1.38 bits per heavy atom. The lowest BCUT2D eigenvalue weighted by Crippen LogP contribution is -2.25. The molecule has 0 aliphatic heterocycles. The van der Waals surface area contributed by atoms with Crippen LogP contribution in [-0.2, 0) is 10.0 Å². The predicted molar refractivity (Wildman–Crippen MR) is 69.4 cm³/mol. The monoisotopic (exact) mass is 259 g/mol. The molecule has 1 N–H and O–H groups in total. The summed E-state index contributed by atoms with van der Waals surface area (Å²) in [4.78, 5) is 0.344. The second kappa shape index (κ2) is 6.27. The first-order chi connectivity index (χ1) is 7.56. The molecule has 0 saturated carbocycles. The van der Waals surface area contributed by atoms with Crippen molar-refractivity contribution in [2.24, 2.45) is 0 Å². The van der Waals surface area contributed by atoms with E-state index in [1.807, 2.05) is 19.2 Å². The van der Waals surface area contributed by atoms with Gasteiger partial charge in [-0.25, -0.2) is 13.1 Å². The molecule has 0 amide bonds. The number of hydrogen-bond donors (Lipinski definition) is 1. The molecule has 0 bridgehead atoms. The molecule has 16 heavy (non-hydrogen) atoms. The molecule has 3 nitrogen and oxygen atoms in total. The molecule has 90 valence electrons. The summed E-state index contributed by atoms with van der Waals surface area (Å²) in [5.41, 5.74) is 0.951. The van der Waals surface area contributed by atoms with Gasteiger partial charge in [-0.2, -0.15) is 11.8 Å². The molecule has 0 spiro atoms. The van der Waals surface area contributed by atoms with Crippen molar-refractivity contribution in [2.45, 2.75) is 18.2 Å². The fraction of sp³-hybridized carbons (Fsp3) is 0.455. The maximum atomic E-state index is 11.8.